The summed E-state index contributed by atoms with van der Waals surface area (Å²) in [6.45, 7) is 2.02. The van der Waals surface area contributed by atoms with Crippen LogP contribution in [-0.2, 0) is 11.3 Å². The Labute approximate surface area is 145 Å². The van der Waals surface area contributed by atoms with Crippen molar-refractivity contribution in [2.24, 2.45) is 0 Å². The lowest BCUT2D eigenvalue weighted by Crippen LogP contribution is -2.24. The number of carbonyl (C=O) groups excluding carboxylic acids is 1. The quantitative estimate of drug-likeness (QED) is 0.647. The maximum atomic E-state index is 12.1. The van der Waals surface area contributed by atoms with Gasteiger partial charge in [-0.1, -0.05) is 23.7 Å². The van der Waals surface area contributed by atoms with Crippen LogP contribution in [-0.4, -0.2) is 16.6 Å². The fourth-order valence-electron chi connectivity index (χ4n) is 1.91. The Morgan fingerprint density at radius 1 is 1.33 bits per heavy atom. The van der Waals surface area contributed by atoms with Crippen molar-refractivity contribution in [3.63, 3.8) is 0 Å². The van der Waals surface area contributed by atoms with Crippen molar-refractivity contribution in [2.75, 3.05) is 0 Å². The Kier molecular flexibility index (Phi) is 5.83. The van der Waals surface area contributed by atoms with Crippen LogP contribution in [0.25, 0.3) is 0 Å². The summed E-state index contributed by atoms with van der Waals surface area (Å²) in [5.41, 5.74) is 2.34. The van der Waals surface area contributed by atoms with E-state index in [4.69, 9.17) is 22.3 Å². The van der Waals surface area contributed by atoms with Gasteiger partial charge in [0.2, 0.25) is 5.91 Å². The molecule has 0 aliphatic carbocycles. The zero-order valence-electron chi connectivity index (χ0n) is 13.0. The summed E-state index contributed by atoms with van der Waals surface area (Å²) in [4.78, 5) is 16.0. The van der Waals surface area contributed by atoms with Gasteiger partial charge in [-0.25, -0.2) is 4.98 Å². The SMILES string of the molecule is C/C(=C/C(=N)c1ccc(C#N)nc1)C(=O)NCc1ccc(Cl)cc1. The maximum absolute atomic E-state index is 12.1. The van der Waals surface area contributed by atoms with Gasteiger partial charge in [-0.15, -0.1) is 0 Å². The third-order valence-electron chi connectivity index (χ3n) is 3.27. The van der Waals surface area contributed by atoms with E-state index in [0.717, 1.165) is 5.56 Å². The fourth-order valence-corrected chi connectivity index (χ4v) is 2.03. The highest BCUT2D eigenvalue weighted by molar-refractivity contribution is 6.30. The van der Waals surface area contributed by atoms with Crippen LogP contribution in [0, 0.1) is 16.7 Å². The van der Waals surface area contributed by atoms with E-state index in [1.54, 1.807) is 25.1 Å². The molecule has 2 aromatic rings. The number of nitriles is 1. The number of pyridine rings is 1. The lowest BCUT2D eigenvalue weighted by atomic mass is 10.1. The molecule has 2 rings (SSSR count). The Hall–Kier alpha value is -2.97. The van der Waals surface area contributed by atoms with Crippen molar-refractivity contribution in [1.82, 2.24) is 10.3 Å². The predicted molar refractivity (Wildman–Crippen MR) is 92.8 cm³/mol. The number of benzene rings is 1. The smallest absolute Gasteiger partial charge is 0.247 e. The van der Waals surface area contributed by atoms with Gasteiger partial charge in [-0.05, 0) is 42.8 Å². The number of hydrogen-bond acceptors (Lipinski definition) is 4. The monoisotopic (exact) mass is 338 g/mol. The second-order valence-corrected chi connectivity index (χ2v) is 5.53. The van der Waals surface area contributed by atoms with Gasteiger partial charge in [0.15, 0.2) is 0 Å². The van der Waals surface area contributed by atoms with Gasteiger partial charge in [0.05, 0.1) is 5.71 Å². The van der Waals surface area contributed by atoms with E-state index in [0.29, 0.717) is 22.7 Å². The van der Waals surface area contributed by atoms with Crippen molar-refractivity contribution < 1.29 is 4.79 Å². The summed E-state index contributed by atoms with van der Waals surface area (Å²) in [6, 6.07) is 12.3. The first-order valence-corrected chi connectivity index (χ1v) is 7.53. The van der Waals surface area contributed by atoms with Gasteiger partial charge in [0, 0.05) is 28.9 Å². The number of hydrogen-bond donors (Lipinski definition) is 2. The molecule has 1 amide bonds. The third-order valence-corrected chi connectivity index (χ3v) is 3.53. The lowest BCUT2D eigenvalue weighted by molar-refractivity contribution is -0.117. The zero-order chi connectivity index (χ0) is 17.5. The van der Waals surface area contributed by atoms with Crippen LogP contribution in [0.15, 0.2) is 54.2 Å². The Morgan fingerprint density at radius 2 is 2.04 bits per heavy atom. The van der Waals surface area contributed by atoms with Crippen LogP contribution in [0.3, 0.4) is 0 Å². The first-order chi connectivity index (χ1) is 11.5. The minimum Gasteiger partial charge on any atom is -0.348 e. The van der Waals surface area contributed by atoms with Crippen LogP contribution >= 0.6 is 11.6 Å². The minimum atomic E-state index is -0.253. The van der Waals surface area contributed by atoms with Gasteiger partial charge in [-0.2, -0.15) is 5.26 Å². The van der Waals surface area contributed by atoms with E-state index in [-0.39, 0.29) is 17.3 Å². The molecule has 0 saturated heterocycles. The third kappa shape index (κ3) is 4.77. The maximum Gasteiger partial charge on any atom is 0.247 e. The summed E-state index contributed by atoms with van der Waals surface area (Å²) >= 11 is 5.82. The number of halogens is 1. The average molecular weight is 339 g/mol. The van der Waals surface area contributed by atoms with E-state index in [9.17, 15) is 4.79 Å². The van der Waals surface area contributed by atoms with Gasteiger partial charge in [0.25, 0.3) is 0 Å². The molecule has 24 heavy (non-hydrogen) atoms. The molecule has 5 nitrogen and oxygen atoms in total. The fraction of sp³-hybridized carbons (Fsp3) is 0.111. The summed E-state index contributed by atoms with van der Waals surface area (Å²) in [6.07, 6.45) is 2.91. The summed E-state index contributed by atoms with van der Waals surface area (Å²) in [7, 11) is 0. The second kappa shape index (κ2) is 8.04. The molecule has 0 spiro atoms. The first-order valence-electron chi connectivity index (χ1n) is 7.15. The van der Waals surface area contributed by atoms with E-state index in [1.165, 1.54) is 18.3 Å². The molecule has 1 heterocycles. The second-order valence-electron chi connectivity index (χ2n) is 5.09. The Balaban J connectivity index is 1.98. The van der Waals surface area contributed by atoms with E-state index in [2.05, 4.69) is 10.3 Å². The molecule has 2 N–H and O–H groups in total. The molecule has 0 unspecified atom stereocenters. The van der Waals surface area contributed by atoms with E-state index in [1.807, 2.05) is 18.2 Å². The highest BCUT2D eigenvalue weighted by Crippen LogP contribution is 2.09. The van der Waals surface area contributed by atoms with Gasteiger partial charge >= 0.3 is 0 Å². The van der Waals surface area contributed by atoms with Crippen LogP contribution in [0.2, 0.25) is 5.02 Å². The summed E-state index contributed by atoms with van der Waals surface area (Å²) < 4.78 is 0. The topological polar surface area (TPSA) is 89.6 Å². The molecular formula is C18H15ClN4O. The normalized spacial score (nSPS) is 10.8. The van der Waals surface area contributed by atoms with Crippen molar-refractivity contribution in [2.45, 2.75) is 13.5 Å². The number of aromatic nitrogens is 1. The number of allylic oxidation sites excluding steroid dienone is 1. The molecule has 1 aromatic heterocycles. The molecular weight excluding hydrogens is 324 g/mol. The van der Waals surface area contributed by atoms with Gasteiger partial charge < -0.3 is 10.7 Å². The highest BCUT2D eigenvalue weighted by atomic mass is 35.5. The molecule has 6 heteroatoms. The van der Waals surface area contributed by atoms with Crippen LogP contribution in [0.5, 0.6) is 0 Å². The molecule has 1 aromatic carbocycles. The molecule has 0 aliphatic rings. The van der Waals surface area contributed by atoms with E-state index >= 15 is 0 Å². The lowest BCUT2D eigenvalue weighted by Gasteiger charge is -2.06. The number of carbonyl (C=O) groups is 1. The summed E-state index contributed by atoms with van der Waals surface area (Å²) in [5, 5.41) is 20.2. The average Bonchev–Trinajstić information content (AvgIpc) is 2.60. The Morgan fingerprint density at radius 3 is 2.62 bits per heavy atom. The van der Waals surface area contributed by atoms with E-state index < -0.39 is 0 Å². The van der Waals surface area contributed by atoms with Crippen LogP contribution < -0.4 is 5.32 Å². The van der Waals surface area contributed by atoms with Crippen molar-refractivity contribution in [3.8, 4) is 6.07 Å². The largest absolute Gasteiger partial charge is 0.348 e. The van der Waals surface area contributed by atoms with Gasteiger partial charge in [0.1, 0.15) is 11.8 Å². The molecule has 0 aliphatic heterocycles. The number of rotatable bonds is 5. The first kappa shape index (κ1) is 17.4. The van der Waals surface area contributed by atoms with Crippen molar-refractivity contribution in [1.29, 1.82) is 10.7 Å². The molecule has 0 radical (unpaired) electrons. The zero-order valence-corrected chi connectivity index (χ0v) is 13.8. The standard InChI is InChI=1S/C18H15ClN4O/c1-12(8-17(21)14-4-7-16(9-20)22-11-14)18(24)23-10-13-2-5-15(19)6-3-13/h2-8,11,21H,10H2,1H3,(H,23,24)/b12-8-,21-17?. The number of nitrogens with one attached hydrogen (secondary N) is 2. The molecule has 0 bridgehead atoms. The number of amides is 1. The number of nitrogens with zero attached hydrogens (tertiary/aromatic N) is 2. The van der Waals surface area contributed by atoms with Crippen LogP contribution in [0.4, 0.5) is 0 Å². The Bertz CT molecular complexity index is 818. The predicted octanol–water partition coefficient (Wildman–Crippen LogP) is 3.24. The van der Waals surface area contributed by atoms with Crippen molar-refractivity contribution >= 4 is 23.2 Å². The van der Waals surface area contributed by atoms with Gasteiger partial charge in [-0.3, -0.25) is 4.79 Å². The highest BCUT2D eigenvalue weighted by Gasteiger charge is 2.07. The summed E-state index contributed by atoms with van der Waals surface area (Å²) in [5.74, 6) is -0.253. The molecule has 0 saturated carbocycles. The molecule has 0 atom stereocenters. The molecule has 120 valence electrons. The minimum absolute atomic E-state index is 0.158. The van der Waals surface area contributed by atoms with Crippen LogP contribution in [0.1, 0.15) is 23.7 Å². The van der Waals surface area contributed by atoms with Crippen molar-refractivity contribution in [3.05, 3.63) is 76.1 Å². The molecule has 0 fully saturated rings.